The summed E-state index contributed by atoms with van der Waals surface area (Å²) >= 11 is 6.03. The summed E-state index contributed by atoms with van der Waals surface area (Å²) in [7, 11) is 0. The third-order valence-electron chi connectivity index (χ3n) is 4.17. The van der Waals surface area contributed by atoms with Gasteiger partial charge in [-0.15, -0.1) is 0 Å². The van der Waals surface area contributed by atoms with E-state index in [1.54, 1.807) is 19.1 Å². The van der Waals surface area contributed by atoms with Crippen LogP contribution in [0.25, 0.3) is 11.0 Å². The summed E-state index contributed by atoms with van der Waals surface area (Å²) in [5.74, 6) is 0.114. The van der Waals surface area contributed by atoms with Gasteiger partial charge in [0.25, 0.3) is 0 Å². The number of rotatable bonds is 4. The number of phenols is 1. The molecule has 3 aromatic rings. The Morgan fingerprint density at radius 2 is 2.04 bits per heavy atom. The van der Waals surface area contributed by atoms with E-state index in [1.165, 1.54) is 6.07 Å². The lowest BCUT2D eigenvalue weighted by Gasteiger charge is -2.15. The molecule has 3 rings (SSSR count). The van der Waals surface area contributed by atoms with Gasteiger partial charge in [0, 0.05) is 34.6 Å². The number of halogens is 1. The maximum Gasteiger partial charge on any atom is 0.336 e. The Bertz CT molecular complexity index is 949. The highest BCUT2D eigenvalue weighted by Gasteiger charge is 2.12. The molecule has 0 saturated carbocycles. The zero-order chi connectivity index (χ0) is 17.3. The number of aryl methyl sites for hydroxylation is 1. The van der Waals surface area contributed by atoms with Crippen LogP contribution in [0.3, 0.4) is 0 Å². The molecule has 5 heteroatoms. The van der Waals surface area contributed by atoms with Crippen LogP contribution in [0.15, 0.2) is 51.7 Å². The van der Waals surface area contributed by atoms with Crippen molar-refractivity contribution < 1.29 is 9.52 Å². The normalized spacial score (nSPS) is 12.5. The second-order valence-electron chi connectivity index (χ2n) is 5.83. The molecule has 1 aromatic heterocycles. The number of hydrogen-bond donors (Lipinski definition) is 2. The van der Waals surface area contributed by atoms with Crippen LogP contribution in [0, 0.1) is 6.92 Å². The monoisotopic (exact) mass is 343 g/mol. The summed E-state index contributed by atoms with van der Waals surface area (Å²) < 4.78 is 5.26. The lowest BCUT2D eigenvalue weighted by atomic mass is 10.0. The predicted molar refractivity (Wildman–Crippen MR) is 95.6 cm³/mol. The highest BCUT2D eigenvalue weighted by molar-refractivity contribution is 6.30. The Kier molecular flexibility index (Phi) is 4.60. The van der Waals surface area contributed by atoms with Gasteiger partial charge in [0.05, 0.1) is 0 Å². The Labute approximate surface area is 144 Å². The number of benzene rings is 2. The Morgan fingerprint density at radius 3 is 2.79 bits per heavy atom. The van der Waals surface area contributed by atoms with Crippen molar-refractivity contribution in [2.24, 2.45) is 0 Å². The van der Waals surface area contributed by atoms with E-state index in [2.05, 4.69) is 5.32 Å². The Hall–Kier alpha value is -2.30. The molecule has 1 unspecified atom stereocenters. The van der Waals surface area contributed by atoms with E-state index in [0.29, 0.717) is 22.7 Å². The van der Waals surface area contributed by atoms with Crippen LogP contribution in [0.2, 0.25) is 5.02 Å². The van der Waals surface area contributed by atoms with Gasteiger partial charge in [0.15, 0.2) is 0 Å². The van der Waals surface area contributed by atoms with E-state index in [0.717, 1.165) is 16.5 Å². The van der Waals surface area contributed by atoms with Gasteiger partial charge >= 0.3 is 5.63 Å². The van der Waals surface area contributed by atoms with Crippen molar-refractivity contribution in [3.05, 3.63) is 74.6 Å². The maximum atomic E-state index is 11.8. The van der Waals surface area contributed by atoms with Crippen LogP contribution in [0.5, 0.6) is 5.75 Å². The summed E-state index contributed by atoms with van der Waals surface area (Å²) in [6.45, 7) is 4.27. The molecule has 2 N–H and O–H groups in total. The second-order valence-corrected chi connectivity index (χ2v) is 6.27. The summed E-state index contributed by atoms with van der Waals surface area (Å²) in [5, 5.41) is 14.7. The van der Waals surface area contributed by atoms with E-state index in [1.807, 2.05) is 31.2 Å². The highest BCUT2D eigenvalue weighted by atomic mass is 35.5. The average molecular weight is 344 g/mol. The van der Waals surface area contributed by atoms with Crippen molar-refractivity contribution in [2.45, 2.75) is 26.4 Å². The van der Waals surface area contributed by atoms with E-state index in [-0.39, 0.29) is 11.8 Å². The van der Waals surface area contributed by atoms with E-state index < -0.39 is 5.63 Å². The van der Waals surface area contributed by atoms with Crippen molar-refractivity contribution >= 4 is 22.6 Å². The first-order valence-corrected chi connectivity index (χ1v) is 8.07. The minimum atomic E-state index is -0.427. The summed E-state index contributed by atoms with van der Waals surface area (Å²) in [6.07, 6.45) is 0. The molecule has 0 aliphatic heterocycles. The van der Waals surface area contributed by atoms with Crippen molar-refractivity contribution in [2.75, 3.05) is 0 Å². The molecule has 124 valence electrons. The summed E-state index contributed by atoms with van der Waals surface area (Å²) in [6, 6.07) is 12.6. The zero-order valence-electron chi connectivity index (χ0n) is 13.5. The van der Waals surface area contributed by atoms with Gasteiger partial charge < -0.3 is 14.8 Å². The molecule has 0 saturated heterocycles. The lowest BCUT2D eigenvalue weighted by molar-refractivity contribution is 0.468. The van der Waals surface area contributed by atoms with Crippen molar-refractivity contribution in [3.8, 4) is 5.75 Å². The molecule has 1 atom stereocenters. The number of phenolic OH excluding ortho intramolecular Hbond substituents is 1. The van der Waals surface area contributed by atoms with Gasteiger partial charge in [0.1, 0.15) is 11.3 Å². The largest absolute Gasteiger partial charge is 0.508 e. The molecule has 1 heterocycles. The van der Waals surface area contributed by atoms with Gasteiger partial charge in [-0.05, 0) is 49.2 Å². The van der Waals surface area contributed by atoms with E-state index >= 15 is 0 Å². The molecule has 24 heavy (non-hydrogen) atoms. The SMILES string of the molecule is Cc1c(O)ccc2c(CNC(C)c3cccc(Cl)c3)cc(=O)oc12. The molecule has 4 nitrogen and oxygen atoms in total. The first-order chi connectivity index (χ1) is 11.5. The molecule has 0 aliphatic rings. The smallest absolute Gasteiger partial charge is 0.336 e. The molecular weight excluding hydrogens is 326 g/mol. The Balaban J connectivity index is 1.90. The van der Waals surface area contributed by atoms with E-state index in [4.69, 9.17) is 16.0 Å². The first-order valence-electron chi connectivity index (χ1n) is 7.70. The fourth-order valence-electron chi connectivity index (χ4n) is 2.72. The molecule has 0 fully saturated rings. The minimum absolute atomic E-state index is 0.0733. The van der Waals surface area contributed by atoms with Gasteiger partial charge in [-0.1, -0.05) is 23.7 Å². The molecular formula is C19H18ClNO3. The topological polar surface area (TPSA) is 62.5 Å². The standard InChI is InChI=1S/C19H18ClNO3/c1-11-17(22)7-6-16-14(9-18(23)24-19(11)16)10-21-12(2)13-4-3-5-15(20)8-13/h3-9,12,21-22H,10H2,1-2H3. The molecule has 0 spiro atoms. The number of hydrogen-bond acceptors (Lipinski definition) is 4. The lowest BCUT2D eigenvalue weighted by Crippen LogP contribution is -2.19. The number of fused-ring (bicyclic) bond motifs is 1. The molecule has 0 bridgehead atoms. The third-order valence-corrected chi connectivity index (χ3v) is 4.40. The fourth-order valence-corrected chi connectivity index (χ4v) is 2.92. The molecule has 0 radical (unpaired) electrons. The highest BCUT2D eigenvalue weighted by Crippen LogP contribution is 2.27. The summed E-state index contributed by atoms with van der Waals surface area (Å²) in [4.78, 5) is 11.8. The van der Waals surface area contributed by atoms with Crippen LogP contribution < -0.4 is 10.9 Å². The quantitative estimate of drug-likeness (QED) is 0.693. The van der Waals surface area contributed by atoms with Gasteiger partial charge in [-0.2, -0.15) is 0 Å². The molecule has 0 amide bonds. The molecule has 0 aliphatic carbocycles. The third kappa shape index (κ3) is 3.30. The van der Waals surface area contributed by atoms with E-state index in [9.17, 15) is 9.90 Å². The fraction of sp³-hybridized carbons (Fsp3) is 0.211. The van der Waals surface area contributed by atoms with Crippen LogP contribution in [0.1, 0.15) is 29.7 Å². The van der Waals surface area contributed by atoms with Crippen molar-refractivity contribution in [1.29, 1.82) is 0 Å². The van der Waals surface area contributed by atoms with Crippen LogP contribution in [-0.2, 0) is 6.54 Å². The van der Waals surface area contributed by atoms with Crippen LogP contribution >= 0.6 is 11.6 Å². The van der Waals surface area contributed by atoms with Crippen LogP contribution in [-0.4, -0.2) is 5.11 Å². The van der Waals surface area contributed by atoms with Gasteiger partial charge in [-0.25, -0.2) is 4.79 Å². The zero-order valence-corrected chi connectivity index (χ0v) is 14.2. The molecule has 2 aromatic carbocycles. The van der Waals surface area contributed by atoms with Gasteiger partial charge in [-0.3, -0.25) is 0 Å². The number of nitrogens with one attached hydrogen (secondary N) is 1. The van der Waals surface area contributed by atoms with Gasteiger partial charge in [0.2, 0.25) is 0 Å². The van der Waals surface area contributed by atoms with Crippen molar-refractivity contribution in [3.63, 3.8) is 0 Å². The minimum Gasteiger partial charge on any atom is -0.508 e. The summed E-state index contributed by atoms with van der Waals surface area (Å²) in [5.41, 5.74) is 2.47. The second kappa shape index (κ2) is 6.67. The first kappa shape index (κ1) is 16.6. The van der Waals surface area contributed by atoms with Crippen LogP contribution in [0.4, 0.5) is 0 Å². The predicted octanol–water partition coefficient (Wildman–Crippen LogP) is 4.31. The maximum absolute atomic E-state index is 11.8. The van der Waals surface area contributed by atoms with Crippen molar-refractivity contribution in [1.82, 2.24) is 5.32 Å². The Morgan fingerprint density at radius 1 is 1.25 bits per heavy atom. The average Bonchev–Trinajstić information content (AvgIpc) is 2.56. The number of aromatic hydroxyl groups is 1.